The Kier molecular flexibility index (Phi) is 2.10. The van der Waals surface area contributed by atoms with Crippen LogP contribution in [0.1, 0.15) is 0 Å². The molecule has 4 heteroatoms. The molecule has 3 nitrogen and oxygen atoms in total. The van der Waals surface area contributed by atoms with Gasteiger partial charge in [0.15, 0.2) is 0 Å². The molecule has 2 N–H and O–H groups in total. The van der Waals surface area contributed by atoms with E-state index in [1.807, 2.05) is 0 Å². The molecule has 2 heterocycles. The van der Waals surface area contributed by atoms with Crippen LogP contribution in [0.25, 0.3) is 11.3 Å². The van der Waals surface area contributed by atoms with Crippen LogP contribution < -0.4 is 5.73 Å². The van der Waals surface area contributed by atoms with Crippen molar-refractivity contribution < 1.29 is 4.39 Å². The number of halogens is 1. The smallest absolute Gasteiger partial charge is 0.149 e. The number of nitrogens with two attached hydrogens (primary N) is 1. The summed E-state index contributed by atoms with van der Waals surface area (Å²) in [6.45, 7) is 0. The highest BCUT2D eigenvalue weighted by Crippen LogP contribution is 2.20. The van der Waals surface area contributed by atoms with Crippen molar-refractivity contribution in [3.8, 4) is 11.3 Å². The van der Waals surface area contributed by atoms with Gasteiger partial charge in [0.05, 0.1) is 0 Å². The molecule has 0 bridgehead atoms. The van der Waals surface area contributed by atoms with Crippen molar-refractivity contribution in [1.29, 1.82) is 0 Å². The third-order valence-electron chi connectivity index (χ3n) is 1.81. The van der Waals surface area contributed by atoms with Crippen LogP contribution in [0, 0.1) is 5.82 Å². The van der Waals surface area contributed by atoms with Gasteiger partial charge in [-0.2, -0.15) is 0 Å². The van der Waals surface area contributed by atoms with Gasteiger partial charge in [-0.15, -0.1) is 0 Å². The highest BCUT2D eigenvalue weighted by molar-refractivity contribution is 5.62. The molecule has 0 amide bonds. The first-order valence-corrected chi connectivity index (χ1v) is 4.10. The first-order chi connectivity index (χ1) is 6.77. The molecular formula is C10H8FN3. The summed E-state index contributed by atoms with van der Waals surface area (Å²) < 4.78 is 13.3. The minimum absolute atomic E-state index is 0.293. The highest BCUT2D eigenvalue weighted by Gasteiger charge is 2.05. The molecule has 2 aromatic rings. The van der Waals surface area contributed by atoms with Crippen LogP contribution in [0.4, 0.5) is 10.2 Å². The highest BCUT2D eigenvalue weighted by atomic mass is 19.1. The second-order valence-corrected chi connectivity index (χ2v) is 2.80. The third kappa shape index (κ3) is 1.54. The van der Waals surface area contributed by atoms with Crippen LogP contribution in [-0.4, -0.2) is 9.97 Å². The maximum atomic E-state index is 13.3. The average molecular weight is 189 g/mol. The van der Waals surface area contributed by atoms with Crippen molar-refractivity contribution >= 4 is 5.82 Å². The maximum absolute atomic E-state index is 13.3. The number of hydrogen-bond donors (Lipinski definition) is 1. The first-order valence-electron chi connectivity index (χ1n) is 4.10. The molecule has 2 aromatic heterocycles. The van der Waals surface area contributed by atoms with Gasteiger partial charge in [-0.3, -0.25) is 4.98 Å². The lowest BCUT2D eigenvalue weighted by Crippen LogP contribution is -1.92. The summed E-state index contributed by atoms with van der Waals surface area (Å²) in [4.78, 5) is 7.75. The molecular weight excluding hydrogens is 181 g/mol. The Morgan fingerprint density at radius 1 is 1.14 bits per heavy atom. The Balaban J connectivity index is 2.55. The molecule has 0 aromatic carbocycles. The summed E-state index contributed by atoms with van der Waals surface area (Å²) in [7, 11) is 0. The Labute approximate surface area is 80.4 Å². The molecule has 0 aliphatic carbocycles. The minimum Gasteiger partial charge on any atom is -0.384 e. The number of pyridine rings is 2. The van der Waals surface area contributed by atoms with Gasteiger partial charge >= 0.3 is 0 Å². The summed E-state index contributed by atoms with van der Waals surface area (Å²) in [5.74, 6) is -0.00865. The largest absolute Gasteiger partial charge is 0.384 e. The maximum Gasteiger partial charge on any atom is 0.149 e. The van der Waals surface area contributed by atoms with Crippen LogP contribution in [0.3, 0.4) is 0 Å². The van der Waals surface area contributed by atoms with E-state index in [1.165, 1.54) is 18.5 Å². The first kappa shape index (κ1) is 8.62. The average Bonchev–Trinajstić information content (AvgIpc) is 2.18. The fraction of sp³-hybridized carbons (Fsp3) is 0. The Morgan fingerprint density at radius 3 is 2.71 bits per heavy atom. The van der Waals surface area contributed by atoms with Crippen LogP contribution in [0.15, 0.2) is 36.7 Å². The van der Waals surface area contributed by atoms with E-state index >= 15 is 0 Å². The van der Waals surface area contributed by atoms with E-state index in [4.69, 9.17) is 5.73 Å². The number of nitrogen functional groups attached to an aromatic ring is 1. The molecule has 0 saturated carbocycles. The summed E-state index contributed by atoms with van der Waals surface area (Å²) in [6.07, 6.45) is 3.06. The van der Waals surface area contributed by atoms with Crippen molar-refractivity contribution in [1.82, 2.24) is 9.97 Å². The van der Waals surface area contributed by atoms with Gasteiger partial charge < -0.3 is 5.73 Å². The lowest BCUT2D eigenvalue weighted by Gasteiger charge is -2.01. The van der Waals surface area contributed by atoms with Gasteiger partial charge in [-0.1, -0.05) is 0 Å². The van der Waals surface area contributed by atoms with Crippen LogP contribution >= 0.6 is 0 Å². The monoisotopic (exact) mass is 189 g/mol. The molecule has 2 rings (SSSR count). The second-order valence-electron chi connectivity index (χ2n) is 2.80. The Morgan fingerprint density at radius 2 is 2.00 bits per heavy atom. The molecule has 0 unspecified atom stereocenters. The number of nitrogens with zero attached hydrogens (tertiary/aromatic N) is 2. The zero-order chi connectivity index (χ0) is 9.97. The normalized spacial score (nSPS) is 10.1. The molecule has 0 radical (unpaired) electrons. The summed E-state index contributed by atoms with van der Waals surface area (Å²) in [5.41, 5.74) is 6.41. The summed E-state index contributed by atoms with van der Waals surface area (Å²) in [5, 5.41) is 0. The van der Waals surface area contributed by atoms with Crippen molar-refractivity contribution in [3.63, 3.8) is 0 Å². The topological polar surface area (TPSA) is 51.8 Å². The lowest BCUT2D eigenvalue weighted by atomic mass is 10.1. The number of rotatable bonds is 1. The van der Waals surface area contributed by atoms with Gasteiger partial charge in [0, 0.05) is 18.0 Å². The van der Waals surface area contributed by atoms with Gasteiger partial charge in [-0.25, -0.2) is 9.37 Å². The molecule has 70 valence electrons. The zero-order valence-corrected chi connectivity index (χ0v) is 7.31. The van der Waals surface area contributed by atoms with E-state index < -0.39 is 0 Å². The Hall–Kier alpha value is -1.97. The lowest BCUT2D eigenvalue weighted by molar-refractivity contribution is 0.626. The van der Waals surface area contributed by atoms with Crippen molar-refractivity contribution in [2.24, 2.45) is 0 Å². The van der Waals surface area contributed by atoms with E-state index in [2.05, 4.69) is 9.97 Å². The van der Waals surface area contributed by atoms with Crippen LogP contribution in [0.2, 0.25) is 0 Å². The molecule has 14 heavy (non-hydrogen) atoms. The zero-order valence-electron chi connectivity index (χ0n) is 7.31. The van der Waals surface area contributed by atoms with E-state index in [0.717, 1.165) is 0 Å². The molecule has 0 aliphatic rings. The second kappa shape index (κ2) is 3.41. The van der Waals surface area contributed by atoms with E-state index in [1.54, 1.807) is 18.2 Å². The number of anilines is 1. The molecule has 0 aliphatic heterocycles. The van der Waals surface area contributed by atoms with Crippen molar-refractivity contribution in [2.45, 2.75) is 0 Å². The number of aromatic nitrogens is 2. The van der Waals surface area contributed by atoms with Crippen molar-refractivity contribution in [2.75, 3.05) is 5.73 Å². The van der Waals surface area contributed by atoms with E-state index in [0.29, 0.717) is 17.1 Å². The standard InChI is InChI=1S/C10H8FN3/c11-8-2-1-4-14-10(8)7-3-5-13-9(12)6-7/h1-6H,(H2,12,13). The SMILES string of the molecule is Nc1cc(-c2ncccc2F)ccn1. The number of hydrogen-bond acceptors (Lipinski definition) is 3. The predicted molar refractivity (Wildman–Crippen MR) is 51.8 cm³/mol. The third-order valence-corrected chi connectivity index (χ3v) is 1.81. The van der Waals surface area contributed by atoms with Crippen molar-refractivity contribution in [3.05, 3.63) is 42.5 Å². The molecule has 0 atom stereocenters. The molecule has 0 fully saturated rings. The van der Waals surface area contributed by atoms with E-state index in [-0.39, 0.29) is 5.82 Å². The predicted octanol–water partition coefficient (Wildman–Crippen LogP) is 1.86. The minimum atomic E-state index is -0.363. The van der Waals surface area contributed by atoms with Gasteiger partial charge in [-0.05, 0) is 24.3 Å². The fourth-order valence-corrected chi connectivity index (χ4v) is 1.19. The fourth-order valence-electron chi connectivity index (χ4n) is 1.19. The van der Waals surface area contributed by atoms with E-state index in [9.17, 15) is 4.39 Å². The van der Waals surface area contributed by atoms with Gasteiger partial charge in [0.25, 0.3) is 0 Å². The molecule has 0 saturated heterocycles. The van der Waals surface area contributed by atoms with Gasteiger partial charge in [0.1, 0.15) is 17.3 Å². The van der Waals surface area contributed by atoms with Crippen LogP contribution in [-0.2, 0) is 0 Å². The Bertz CT molecular complexity index is 457. The molecule has 0 spiro atoms. The van der Waals surface area contributed by atoms with Gasteiger partial charge in [0.2, 0.25) is 0 Å². The summed E-state index contributed by atoms with van der Waals surface area (Å²) >= 11 is 0. The van der Waals surface area contributed by atoms with Crippen LogP contribution in [0.5, 0.6) is 0 Å². The summed E-state index contributed by atoms with van der Waals surface area (Å²) in [6, 6.07) is 6.16. The quantitative estimate of drug-likeness (QED) is 0.744.